The molecule has 2 N–H and O–H groups in total. The van der Waals surface area contributed by atoms with Crippen molar-refractivity contribution < 1.29 is 28.9 Å². The molecule has 2 fully saturated rings. The summed E-state index contributed by atoms with van der Waals surface area (Å²) in [5.41, 5.74) is 2.36. The summed E-state index contributed by atoms with van der Waals surface area (Å²) in [6.07, 6.45) is 4.15. The molecule has 1 amide bonds. The number of methoxy groups -OCH3 is 1. The van der Waals surface area contributed by atoms with Gasteiger partial charge in [-0.25, -0.2) is 4.39 Å². The van der Waals surface area contributed by atoms with E-state index in [9.17, 15) is 15.0 Å². The average Bonchev–Trinajstić information content (AvgIpc) is 3.25. The first-order valence-corrected chi connectivity index (χ1v) is 15.4. The number of alkyl halides is 1. The number of carbonyl (C=O) groups is 1. The zero-order chi connectivity index (χ0) is 29.1. The van der Waals surface area contributed by atoms with E-state index in [0.29, 0.717) is 44.2 Å². The maximum Gasteiger partial charge on any atom is 0.253 e. The summed E-state index contributed by atoms with van der Waals surface area (Å²) < 4.78 is 26.8. The van der Waals surface area contributed by atoms with Gasteiger partial charge in [0.2, 0.25) is 0 Å². The first-order valence-electron chi connectivity index (χ1n) is 15.4. The Hall–Kier alpha value is -2.64. The number of unbranched alkanes of at least 4 members (excludes halogenated alkanes) is 1. The van der Waals surface area contributed by atoms with Gasteiger partial charge in [0.1, 0.15) is 17.7 Å². The molecule has 6 nitrogen and oxygen atoms in total. The van der Waals surface area contributed by atoms with E-state index in [1.807, 2.05) is 48.2 Å². The molecule has 0 bridgehead atoms. The van der Waals surface area contributed by atoms with Gasteiger partial charge in [0, 0.05) is 31.7 Å². The fraction of sp³-hybridized carbons (Fsp3) is 0.618. The van der Waals surface area contributed by atoms with Gasteiger partial charge >= 0.3 is 0 Å². The van der Waals surface area contributed by atoms with Crippen LogP contribution >= 0.6 is 0 Å². The van der Waals surface area contributed by atoms with E-state index in [4.69, 9.17) is 9.47 Å². The third-order valence-corrected chi connectivity index (χ3v) is 10.3. The molecule has 7 heteroatoms. The number of halogens is 1. The Labute approximate surface area is 243 Å². The van der Waals surface area contributed by atoms with Crippen molar-refractivity contribution in [3.63, 3.8) is 0 Å². The summed E-state index contributed by atoms with van der Waals surface area (Å²) in [6, 6.07) is 12.7. The van der Waals surface area contributed by atoms with E-state index < -0.39 is 12.3 Å². The van der Waals surface area contributed by atoms with Crippen LogP contribution in [0.5, 0.6) is 11.5 Å². The van der Waals surface area contributed by atoms with E-state index >= 15 is 4.39 Å². The summed E-state index contributed by atoms with van der Waals surface area (Å²) >= 11 is 0. The van der Waals surface area contributed by atoms with Crippen LogP contribution in [-0.2, 0) is 11.2 Å². The maximum absolute atomic E-state index is 16.0. The number of hydrogen-bond acceptors (Lipinski definition) is 5. The minimum Gasteiger partial charge on any atom is -0.508 e. The SMILES string of the molecule is CCOc1ccc(C(=O)N(CCCC[C@@H]2Cc3cc(O)ccc3C3C2C2CC[C@H](O)[C@@]2(C)C[C@@H]3F)CCOC)cc1. The lowest BCUT2D eigenvalue weighted by Gasteiger charge is -2.54. The van der Waals surface area contributed by atoms with E-state index in [2.05, 4.69) is 6.92 Å². The predicted octanol–water partition coefficient (Wildman–Crippen LogP) is 6.14. The van der Waals surface area contributed by atoms with Crippen molar-refractivity contribution in [3.05, 3.63) is 59.2 Å². The van der Waals surface area contributed by atoms with Gasteiger partial charge in [-0.2, -0.15) is 0 Å². The van der Waals surface area contributed by atoms with Gasteiger partial charge in [-0.15, -0.1) is 0 Å². The van der Waals surface area contributed by atoms with Gasteiger partial charge in [0.25, 0.3) is 5.91 Å². The number of aliphatic hydroxyl groups is 1. The molecule has 0 heterocycles. The van der Waals surface area contributed by atoms with Gasteiger partial charge in [-0.05, 0) is 116 Å². The van der Waals surface area contributed by atoms with Crippen molar-refractivity contribution >= 4 is 5.91 Å². The highest BCUT2D eigenvalue weighted by molar-refractivity contribution is 5.94. The molecule has 3 aliphatic carbocycles. The highest BCUT2D eigenvalue weighted by Crippen LogP contribution is 2.63. The number of benzene rings is 2. The third kappa shape index (κ3) is 5.98. The van der Waals surface area contributed by atoms with Crippen molar-refractivity contribution in [2.24, 2.45) is 23.2 Å². The van der Waals surface area contributed by atoms with Crippen molar-refractivity contribution in [2.75, 3.05) is 33.4 Å². The quantitative estimate of drug-likeness (QED) is 0.319. The van der Waals surface area contributed by atoms with Gasteiger partial charge in [-0.3, -0.25) is 4.79 Å². The molecular formula is C34H46FNO5. The Morgan fingerprint density at radius 3 is 2.63 bits per heavy atom. The number of fused-ring (bicyclic) bond motifs is 5. The summed E-state index contributed by atoms with van der Waals surface area (Å²) in [5, 5.41) is 21.1. The molecule has 0 saturated heterocycles. The number of aliphatic hydroxyl groups excluding tert-OH is 1. The zero-order valence-corrected chi connectivity index (χ0v) is 24.7. The molecule has 2 saturated carbocycles. The number of carbonyl (C=O) groups excluding carboxylic acids is 1. The number of hydrogen-bond donors (Lipinski definition) is 2. The van der Waals surface area contributed by atoms with Gasteiger partial charge < -0.3 is 24.6 Å². The molecule has 0 aromatic heterocycles. The first-order chi connectivity index (χ1) is 19.8. The minimum absolute atomic E-state index is 0.0181. The van der Waals surface area contributed by atoms with Crippen molar-refractivity contribution in [2.45, 2.75) is 77.0 Å². The molecule has 3 unspecified atom stereocenters. The standard InChI is InChI=1S/C34H46FNO5/c1-4-41-26-11-8-22(9-12-26)33(39)36(17-18-40-3)16-6-5-7-23-19-24-20-25(37)10-13-27(24)32-29(35)21-34(2)28(31(23)32)14-15-30(34)38/h8-13,20,23,28-32,37-38H,4-7,14-19,21H2,1-3H3/t23-,28?,29+,30+,31?,32?,34+/m1/s1. The van der Waals surface area contributed by atoms with Crippen LogP contribution in [0.4, 0.5) is 4.39 Å². The molecular weight excluding hydrogens is 521 g/mol. The fourth-order valence-corrected chi connectivity index (χ4v) is 8.30. The zero-order valence-electron chi connectivity index (χ0n) is 24.7. The number of phenolic OH excluding ortho intramolecular Hbond substituents is 1. The number of ether oxygens (including phenoxy) is 2. The Kier molecular flexibility index (Phi) is 9.24. The van der Waals surface area contributed by atoms with Gasteiger partial charge in [-0.1, -0.05) is 19.4 Å². The fourth-order valence-electron chi connectivity index (χ4n) is 8.30. The summed E-state index contributed by atoms with van der Waals surface area (Å²) in [5.74, 6) is 1.51. The maximum atomic E-state index is 16.0. The largest absolute Gasteiger partial charge is 0.508 e. The monoisotopic (exact) mass is 567 g/mol. The second kappa shape index (κ2) is 12.7. The Balaban J connectivity index is 1.28. The number of amides is 1. The second-order valence-electron chi connectivity index (χ2n) is 12.6. The number of aromatic hydroxyl groups is 1. The number of phenols is 1. The normalized spacial score (nSPS) is 30.3. The van der Waals surface area contributed by atoms with Crippen LogP contribution in [0, 0.1) is 23.2 Å². The lowest BCUT2D eigenvalue weighted by molar-refractivity contribution is -0.0722. The van der Waals surface area contributed by atoms with E-state index in [0.717, 1.165) is 55.4 Å². The molecule has 2 aromatic carbocycles. The summed E-state index contributed by atoms with van der Waals surface area (Å²) in [4.78, 5) is 15.2. The van der Waals surface area contributed by atoms with Crippen LogP contribution in [0.25, 0.3) is 0 Å². The predicted molar refractivity (Wildman–Crippen MR) is 157 cm³/mol. The topological polar surface area (TPSA) is 79.2 Å². The number of nitrogens with zero attached hydrogens (tertiary/aromatic N) is 1. The molecule has 7 atom stereocenters. The van der Waals surface area contributed by atoms with Crippen LogP contribution in [0.15, 0.2) is 42.5 Å². The number of rotatable bonds is 11. The van der Waals surface area contributed by atoms with Crippen molar-refractivity contribution in [3.8, 4) is 11.5 Å². The molecule has 0 radical (unpaired) electrons. The minimum atomic E-state index is -1.00. The molecule has 3 aliphatic rings. The van der Waals surface area contributed by atoms with Gasteiger partial charge in [0.05, 0.1) is 19.3 Å². The highest BCUT2D eigenvalue weighted by atomic mass is 19.1. The van der Waals surface area contributed by atoms with Crippen LogP contribution in [0.1, 0.15) is 79.8 Å². The van der Waals surface area contributed by atoms with E-state index in [-0.39, 0.29) is 34.8 Å². The molecule has 0 aliphatic heterocycles. The van der Waals surface area contributed by atoms with Crippen LogP contribution in [0.3, 0.4) is 0 Å². The lowest BCUT2D eigenvalue weighted by Crippen LogP contribution is -2.51. The molecule has 5 rings (SSSR count). The Morgan fingerprint density at radius 2 is 1.90 bits per heavy atom. The Morgan fingerprint density at radius 1 is 1.12 bits per heavy atom. The second-order valence-corrected chi connectivity index (χ2v) is 12.6. The van der Waals surface area contributed by atoms with Gasteiger partial charge in [0.15, 0.2) is 0 Å². The third-order valence-electron chi connectivity index (χ3n) is 10.3. The lowest BCUT2D eigenvalue weighted by atomic mass is 9.51. The average molecular weight is 568 g/mol. The van der Waals surface area contributed by atoms with Crippen molar-refractivity contribution in [1.29, 1.82) is 0 Å². The molecule has 224 valence electrons. The molecule has 0 spiro atoms. The van der Waals surface area contributed by atoms with Crippen molar-refractivity contribution in [1.82, 2.24) is 4.90 Å². The molecule has 41 heavy (non-hydrogen) atoms. The summed E-state index contributed by atoms with van der Waals surface area (Å²) in [6.45, 7) is 6.22. The van der Waals surface area contributed by atoms with E-state index in [1.54, 1.807) is 13.2 Å². The first kappa shape index (κ1) is 29.8. The smallest absolute Gasteiger partial charge is 0.253 e. The van der Waals surface area contributed by atoms with Crippen LogP contribution < -0.4 is 4.74 Å². The Bertz CT molecular complexity index is 1190. The van der Waals surface area contributed by atoms with Crippen LogP contribution in [0.2, 0.25) is 0 Å². The van der Waals surface area contributed by atoms with Crippen LogP contribution in [-0.4, -0.2) is 66.7 Å². The van der Waals surface area contributed by atoms with E-state index in [1.165, 1.54) is 0 Å². The molecule has 2 aromatic rings. The summed E-state index contributed by atoms with van der Waals surface area (Å²) in [7, 11) is 1.64. The highest BCUT2D eigenvalue weighted by Gasteiger charge is 2.59.